The van der Waals surface area contributed by atoms with Crippen LogP contribution in [0.15, 0.2) is 18.2 Å². The second kappa shape index (κ2) is 6.33. The van der Waals surface area contributed by atoms with Gasteiger partial charge in [-0.1, -0.05) is 17.9 Å². The number of aldehydes is 1. The van der Waals surface area contributed by atoms with E-state index in [4.69, 9.17) is 0 Å². The van der Waals surface area contributed by atoms with Crippen LogP contribution in [-0.4, -0.2) is 23.8 Å². The molecule has 0 spiro atoms. The van der Waals surface area contributed by atoms with Crippen molar-refractivity contribution >= 4 is 12.2 Å². The molecule has 0 aliphatic heterocycles. The molecule has 0 saturated heterocycles. The largest absolute Gasteiger partial charge is 0.507 e. The monoisotopic (exact) mass is 231 g/mol. The van der Waals surface area contributed by atoms with Gasteiger partial charge in [0.1, 0.15) is 5.75 Å². The number of rotatable bonds is 3. The normalized spacial score (nSPS) is 9.00. The molecule has 1 amide bonds. The topological polar surface area (TPSA) is 66.4 Å². The number of phenols is 1. The highest BCUT2D eigenvalue weighted by Crippen LogP contribution is 2.17. The van der Waals surface area contributed by atoms with Crippen molar-refractivity contribution in [3.8, 4) is 17.6 Å². The van der Waals surface area contributed by atoms with Crippen LogP contribution in [0.1, 0.15) is 29.3 Å². The first-order valence-corrected chi connectivity index (χ1v) is 5.15. The molecule has 0 heterocycles. The molecular formula is C13H13NO3. The minimum atomic E-state index is -0.0993. The third-order valence-corrected chi connectivity index (χ3v) is 2.05. The maximum atomic E-state index is 10.7. The van der Waals surface area contributed by atoms with Gasteiger partial charge in [0.25, 0.3) is 0 Å². The summed E-state index contributed by atoms with van der Waals surface area (Å²) >= 11 is 0. The van der Waals surface area contributed by atoms with Gasteiger partial charge in [-0.15, -0.1) is 0 Å². The molecule has 4 heteroatoms. The van der Waals surface area contributed by atoms with Crippen LogP contribution >= 0.6 is 0 Å². The smallest absolute Gasteiger partial charge is 0.216 e. The van der Waals surface area contributed by atoms with Crippen molar-refractivity contribution in [1.82, 2.24) is 5.32 Å². The third kappa shape index (κ3) is 3.99. The van der Waals surface area contributed by atoms with Gasteiger partial charge in [-0.25, -0.2) is 0 Å². The zero-order valence-electron chi connectivity index (χ0n) is 9.49. The van der Waals surface area contributed by atoms with Gasteiger partial charge in [0.2, 0.25) is 5.91 Å². The minimum absolute atomic E-state index is 0.0753. The van der Waals surface area contributed by atoms with E-state index in [9.17, 15) is 14.7 Å². The highest BCUT2D eigenvalue weighted by molar-refractivity contribution is 5.83. The van der Waals surface area contributed by atoms with Gasteiger partial charge < -0.3 is 10.4 Å². The molecule has 0 fully saturated rings. The molecule has 0 aromatic heterocycles. The Hall–Kier alpha value is -2.28. The zero-order chi connectivity index (χ0) is 12.7. The van der Waals surface area contributed by atoms with E-state index in [0.717, 1.165) is 0 Å². The first-order chi connectivity index (χ1) is 8.15. The van der Waals surface area contributed by atoms with Crippen molar-refractivity contribution in [2.45, 2.75) is 13.3 Å². The van der Waals surface area contributed by atoms with Gasteiger partial charge in [-0.05, 0) is 12.1 Å². The molecule has 0 aliphatic carbocycles. The van der Waals surface area contributed by atoms with E-state index in [1.54, 1.807) is 12.1 Å². The first-order valence-electron chi connectivity index (χ1n) is 5.15. The lowest BCUT2D eigenvalue weighted by atomic mass is 10.1. The van der Waals surface area contributed by atoms with Crippen molar-refractivity contribution in [2.75, 3.05) is 6.54 Å². The number of hydrogen-bond donors (Lipinski definition) is 2. The van der Waals surface area contributed by atoms with Crippen molar-refractivity contribution in [1.29, 1.82) is 0 Å². The maximum Gasteiger partial charge on any atom is 0.216 e. The Bertz CT molecular complexity index is 483. The molecule has 0 atom stereocenters. The molecule has 0 bridgehead atoms. The number of hydrogen-bond acceptors (Lipinski definition) is 3. The summed E-state index contributed by atoms with van der Waals surface area (Å²) in [5, 5.41) is 12.0. The molecule has 17 heavy (non-hydrogen) atoms. The van der Waals surface area contributed by atoms with Crippen LogP contribution < -0.4 is 5.32 Å². The fourth-order valence-electron chi connectivity index (χ4n) is 1.24. The number of benzene rings is 1. The first kappa shape index (κ1) is 12.8. The van der Waals surface area contributed by atoms with Crippen LogP contribution in [0, 0.1) is 11.8 Å². The van der Waals surface area contributed by atoms with E-state index in [-0.39, 0.29) is 17.2 Å². The molecule has 88 valence electrons. The number of phenolic OH excluding ortho intramolecular Hbond substituents is 1. The standard InChI is InChI=1S/C13H13NO3/c1-10(16)14-8-3-2-5-11-6-4-7-13(17)12(11)9-15/h4,6-7,9,17H,3,8H2,1H3,(H,14,16). The SMILES string of the molecule is CC(=O)NCCC#Cc1cccc(O)c1C=O. The molecule has 1 rings (SSSR count). The van der Waals surface area contributed by atoms with Gasteiger partial charge in [-0.3, -0.25) is 9.59 Å². The number of aromatic hydroxyl groups is 1. The van der Waals surface area contributed by atoms with E-state index >= 15 is 0 Å². The molecular weight excluding hydrogens is 218 g/mol. The Morgan fingerprint density at radius 2 is 2.29 bits per heavy atom. The lowest BCUT2D eigenvalue weighted by Gasteiger charge is -1.99. The summed E-state index contributed by atoms with van der Waals surface area (Å²) in [5.41, 5.74) is 0.683. The highest BCUT2D eigenvalue weighted by Gasteiger charge is 2.03. The predicted molar refractivity (Wildman–Crippen MR) is 63.7 cm³/mol. The van der Waals surface area contributed by atoms with E-state index in [1.807, 2.05) is 0 Å². The third-order valence-electron chi connectivity index (χ3n) is 2.05. The van der Waals surface area contributed by atoms with Gasteiger partial charge in [0.05, 0.1) is 5.56 Å². The van der Waals surface area contributed by atoms with Crippen molar-refractivity contribution in [2.24, 2.45) is 0 Å². The van der Waals surface area contributed by atoms with Gasteiger partial charge in [-0.2, -0.15) is 0 Å². The fraction of sp³-hybridized carbons (Fsp3) is 0.231. The Labute approximate surface area is 99.7 Å². The van der Waals surface area contributed by atoms with Crippen LogP contribution in [0.25, 0.3) is 0 Å². The second-order valence-corrected chi connectivity index (χ2v) is 3.39. The summed E-state index contributed by atoms with van der Waals surface area (Å²) in [6.07, 6.45) is 1.07. The molecule has 1 aromatic rings. The molecule has 0 unspecified atom stereocenters. The maximum absolute atomic E-state index is 10.7. The van der Waals surface area contributed by atoms with Crippen LogP contribution in [0.5, 0.6) is 5.75 Å². The van der Waals surface area contributed by atoms with Crippen LogP contribution in [0.3, 0.4) is 0 Å². The van der Waals surface area contributed by atoms with E-state index in [0.29, 0.717) is 24.8 Å². The zero-order valence-corrected chi connectivity index (χ0v) is 9.49. The number of amides is 1. The van der Waals surface area contributed by atoms with E-state index in [2.05, 4.69) is 17.2 Å². The Balaban J connectivity index is 2.68. The number of nitrogens with one attached hydrogen (secondary N) is 1. The van der Waals surface area contributed by atoms with Crippen LogP contribution in [0.2, 0.25) is 0 Å². The minimum Gasteiger partial charge on any atom is -0.507 e. The second-order valence-electron chi connectivity index (χ2n) is 3.39. The van der Waals surface area contributed by atoms with Gasteiger partial charge >= 0.3 is 0 Å². The molecule has 0 saturated carbocycles. The van der Waals surface area contributed by atoms with Crippen molar-refractivity contribution in [3.63, 3.8) is 0 Å². The van der Waals surface area contributed by atoms with Crippen LogP contribution in [0.4, 0.5) is 0 Å². The lowest BCUT2D eigenvalue weighted by molar-refractivity contribution is -0.118. The molecule has 0 radical (unpaired) electrons. The van der Waals surface area contributed by atoms with Crippen molar-refractivity contribution < 1.29 is 14.7 Å². The molecule has 2 N–H and O–H groups in total. The predicted octanol–water partition coefficient (Wildman–Crippen LogP) is 1.08. The average Bonchev–Trinajstić information content (AvgIpc) is 2.28. The summed E-state index contributed by atoms with van der Waals surface area (Å²) < 4.78 is 0. The lowest BCUT2D eigenvalue weighted by Crippen LogP contribution is -2.20. The van der Waals surface area contributed by atoms with E-state index < -0.39 is 0 Å². The van der Waals surface area contributed by atoms with Crippen LogP contribution in [-0.2, 0) is 4.79 Å². The average molecular weight is 231 g/mol. The van der Waals surface area contributed by atoms with E-state index in [1.165, 1.54) is 13.0 Å². The summed E-state index contributed by atoms with van der Waals surface area (Å²) in [6.45, 7) is 1.91. The van der Waals surface area contributed by atoms with Gasteiger partial charge in [0.15, 0.2) is 6.29 Å². The summed E-state index contributed by atoms with van der Waals surface area (Å²) in [4.78, 5) is 21.3. The Morgan fingerprint density at radius 1 is 1.53 bits per heavy atom. The molecule has 0 aliphatic rings. The molecule has 1 aromatic carbocycles. The number of carbonyl (C=O) groups is 2. The van der Waals surface area contributed by atoms with Gasteiger partial charge in [0, 0.05) is 25.5 Å². The highest BCUT2D eigenvalue weighted by atomic mass is 16.3. The summed E-state index contributed by atoms with van der Waals surface area (Å²) in [6, 6.07) is 4.72. The summed E-state index contributed by atoms with van der Waals surface area (Å²) in [7, 11) is 0. The Morgan fingerprint density at radius 3 is 2.94 bits per heavy atom. The quantitative estimate of drug-likeness (QED) is 0.465. The molecule has 4 nitrogen and oxygen atoms in total. The fourth-order valence-corrected chi connectivity index (χ4v) is 1.24. The van der Waals surface area contributed by atoms with Crippen molar-refractivity contribution in [3.05, 3.63) is 29.3 Å². The Kier molecular flexibility index (Phi) is 4.77. The number of carbonyl (C=O) groups excluding carboxylic acids is 2. The summed E-state index contributed by atoms with van der Waals surface area (Å²) in [5.74, 6) is 5.44.